The van der Waals surface area contributed by atoms with E-state index in [-0.39, 0.29) is 0 Å². The molecule has 0 saturated heterocycles. The summed E-state index contributed by atoms with van der Waals surface area (Å²) in [5, 5.41) is 9.39. The molecule has 0 spiro atoms. The third-order valence-electron chi connectivity index (χ3n) is 2.69. The topological polar surface area (TPSA) is 20.2 Å². The van der Waals surface area contributed by atoms with Gasteiger partial charge in [0.15, 0.2) is 0 Å². The molecule has 0 bridgehead atoms. The average molecular weight is 186 g/mol. The molecule has 1 atom stereocenters. The Morgan fingerprint density at radius 2 is 2.21 bits per heavy atom. The minimum Gasteiger partial charge on any atom is -0.508 e. The van der Waals surface area contributed by atoms with Crippen molar-refractivity contribution in [3.05, 3.63) is 53.6 Å². The molecule has 2 rings (SSSR count). The van der Waals surface area contributed by atoms with Crippen LogP contribution in [0.25, 0.3) is 0 Å². The summed E-state index contributed by atoms with van der Waals surface area (Å²) in [5.41, 5.74) is 2.56. The molecule has 1 N–H and O–H groups in total. The Bertz CT molecular complexity index is 388. The van der Waals surface area contributed by atoms with Crippen LogP contribution in [0.3, 0.4) is 0 Å². The molecule has 0 unspecified atom stereocenters. The summed E-state index contributed by atoms with van der Waals surface area (Å²) < 4.78 is 0. The first-order valence-electron chi connectivity index (χ1n) is 4.89. The Kier molecular flexibility index (Phi) is 2.40. The van der Waals surface area contributed by atoms with Crippen molar-refractivity contribution in [1.29, 1.82) is 0 Å². The van der Waals surface area contributed by atoms with Gasteiger partial charge in [-0.25, -0.2) is 0 Å². The van der Waals surface area contributed by atoms with Gasteiger partial charge in [0.05, 0.1) is 0 Å². The lowest BCUT2D eigenvalue weighted by atomic mass is 9.86. The predicted octanol–water partition coefficient (Wildman–Crippen LogP) is 3.38. The minimum absolute atomic E-state index is 0.352. The van der Waals surface area contributed by atoms with Gasteiger partial charge < -0.3 is 5.11 Å². The van der Waals surface area contributed by atoms with Crippen molar-refractivity contribution in [2.45, 2.75) is 19.3 Å². The lowest BCUT2D eigenvalue weighted by Gasteiger charge is -2.19. The Hall–Kier alpha value is -1.50. The average Bonchev–Trinajstić information content (AvgIpc) is 2.18. The Labute approximate surface area is 84.4 Å². The van der Waals surface area contributed by atoms with E-state index >= 15 is 0 Å². The molecule has 0 aliphatic heterocycles. The molecule has 1 aliphatic carbocycles. The monoisotopic (exact) mass is 186 g/mol. The first-order valence-corrected chi connectivity index (χ1v) is 4.89. The normalized spacial score (nSPS) is 20.6. The van der Waals surface area contributed by atoms with Gasteiger partial charge in [0, 0.05) is 5.92 Å². The van der Waals surface area contributed by atoms with Crippen LogP contribution in [0.15, 0.2) is 48.1 Å². The number of benzene rings is 1. The zero-order valence-corrected chi connectivity index (χ0v) is 8.27. The SMILES string of the molecule is CC1=CC=CC[C@@H]1c1cccc(O)c1. The van der Waals surface area contributed by atoms with Crippen LogP contribution in [0, 0.1) is 0 Å². The van der Waals surface area contributed by atoms with Crippen LogP contribution in [0.5, 0.6) is 5.75 Å². The lowest BCUT2D eigenvalue weighted by molar-refractivity contribution is 0.474. The molecular formula is C13H14O. The maximum Gasteiger partial charge on any atom is 0.115 e. The molecule has 0 aromatic heterocycles. The quantitative estimate of drug-likeness (QED) is 0.712. The highest BCUT2D eigenvalue weighted by Crippen LogP contribution is 2.31. The van der Waals surface area contributed by atoms with Gasteiger partial charge in [0.2, 0.25) is 0 Å². The van der Waals surface area contributed by atoms with Gasteiger partial charge >= 0.3 is 0 Å². The summed E-state index contributed by atoms with van der Waals surface area (Å²) in [4.78, 5) is 0. The highest BCUT2D eigenvalue weighted by molar-refractivity contribution is 5.37. The van der Waals surface area contributed by atoms with Crippen molar-refractivity contribution >= 4 is 0 Å². The van der Waals surface area contributed by atoms with E-state index in [0.717, 1.165) is 6.42 Å². The summed E-state index contributed by atoms with van der Waals surface area (Å²) in [6.07, 6.45) is 7.43. The molecule has 1 aliphatic rings. The molecule has 0 heterocycles. The van der Waals surface area contributed by atoms with E-state index in [1.807, 2.05) is 12.1 Å². The molecule has 14 heavy (non-hydrogen) atoms. The summed E-state index contributed by atoms with van der Waals surface area (Å²) in [6.45, 7) is 2.14. The van der Waals surface area contributed by atoms with Gasteiger partial charge in [-0.2, -0.15) is 0 Å². The second-order valence-electron chi connectivity index (χ2n) is 3.72. The van der Waals surface area contributed by atoms with Gasteiger partial charge in [-0.05, 0) is 31.0 Å². The summed E-state index contributed by atoms with van der Waals surface area (Å²) in [5.74, 6) is 0.789. The molecule has 72 valence electrons. The third kappa shape index (κ3) is 1.72. The van der Waals surface area contributed by atoms with E-state index in [1.165, 1.54) is 11.1 Å². The van der Waals surface area contributed by atoms with Gasteiger partial charge in [-0.3, -0.25) is 0 Å². The van der Waals surface area contributed by atoms with E-state index < -0.39 is 0 Å². The maximum atomic E-state index is 9.39. The first kappa shape index (κ1) is 9.07. The molecule has 1 aromatic carbocycles. The highest BCUT2D eigenvalue weighted by atomic mass is 16.3. The van der Waals surface area contributed by atoms with Crippen molar-refractivity contribution in [3.8, 4) is 5.75 Å². The molecule has 0 saturated carbocycles. The molecule has 1 aromatic rings. The summed E-state index contributed by atoms with van der Waals surface area (Å²) in [6, 6.07) is 7.53. The number of rotatable bonds is 1. The number of allylic oxidation sites excluding steroid dienone is 4. The summed E-state index contributed by atoms with van der Waals surface area (Å²) >= 11 is 0. The number of hydrogen-bond acceptors (Lipinski definition) is 1. The molecule has 1 heteroatoms. The molecular weight excluding hydrogens is 172 g/mol. The van der Waals surface area contributed by atoms with Crippen LogP contribution in [0.2, 0.25) is 0 Å². The van der Waals surface area contributed by atoms with Gasteiger partial charge in [0.1, 0.15) is 5.75 Å². The predicted molar refractivity (Wildman–Crippen MR) is 58.4 cm³/mol. The fraction of sp³-hybridized carbons (Fsp3) is 0.231. The van der Waals surface area contributed by atoms with Crippen LogP contribution < -0.4 is 0 Å². The number of phenolic OH excluding ortho intramolecular Hbond substituents is 1. The van der Waals surface area contributed by atoms with Gasteiger partial charge in [-0.1, -0.05) is 35.9 Å². The van der Waals surface area contributed by atoms with E-state index in [1.54, 1.807) is 6.07 Å². The minimum atomic E-state index is 0.352. The summed E-state index contributed by atoms with van der Waals surface area (Å²) in [7, 11) is 0. The zero-order chi connectivity index (χ0) is 9.97. The van der Waals surface area contributed by atoms with Crippen molar-refractivity contribution in [3.63, 3.8) is 0 Å². The number of hydrogen-bond donors (Lipinski definition) is 1. The van der Waals surface area contributed by atoms with Crippen LogP contribution in [0.4, 0.5) is 0 Å². The lowest BCUT2D eigenvalue weighted by Crippen LogP contribution is -2.01. The van der Waals surface area contributed by atoms with Crippen LogP contribution in [0.1, 0.15) is 24.8 Å². The van der Waals surface area contributed by atoms with Gasteiger partial charge in [0.25, 0.3) is 0 Å². The van der Waals surface area contributed by atoms with Gasteiger partial charge in [-0.15, -0.1) is 0 Å². The zero-order valence-electron chi connectivity index (χ0n) is 8.27. The number of aromatic hydroxyl groups is 1. The van der Waals surface area contributed by atoms with Crippen molar-refractivity contribution in [2.24, 2.45) is 0 Å². The number of phenols is 1. The van der Waals surface area contributed by atoms with E-state index in [0.29, 0.717) is 11.7 Å². The van der Waals surface area contributed by atoms with Crippen LogP contribution in [-0.2, 0) is 0 Å². The fourth-order valence-corrected chi connectivity index (χ4v) is 1.88. The first-order chi connectivity index (χ1) is 6.77. The van der Waals surface area contributed by atoms with Crippen LogP contribution >= 0.6 is 0 Å². The fourth-order valence-electron chi connectivity index (χ4n) is 1.88. The molecule has 0 radical (unpaired) electrons. The maximum absolute atomic E-state index is 9.39. The molecule has 0 fully saturated rings. The second kappa shape index (κ2) is 3.70. The van der Waals surface area contributed by atoms with E-state index in [9.17, 15) is 5.11 Å². The highest BCUT2D eigenvalue weighted by Gasteiger charge is 2.13. The Morgan fingerprint density at radius 1 is 1.36 bits per heavy atom. The van der Waals surface area contributed by atoms with Crippen molar-refractivity contribution in [2.75, 3.05) is 0 Å². The van der Waals surface area contributed by atoms with E-state index in [4.69, 9.17) is 0 Å². The second-order valence-corrected chi connectivity index (χ2v) is 3.72. The molecule has 0 amide bonds. The largest absolute Gasteiger partial charge is 0.508 e. The molecule has 1 nitrogen and oxygen atoms in total. The smallest absolute Gasteiger partial charge is 0.115 e. The Morgan fingerprint density at radius 3 is 2.93 bits per heavy atom. The standard InChI is InChI=1S/C13H14O/c1-10-5-2-3-8-13(10)11-6-4-7-12(14)9-11/h2-7,9,13-14H,8H2,1H3/t13-/m0/s1. The van der Waals surface area contributed by atoms with Crippen LogP contribution in [-0.4, -0.2) is 5.11 Å². The van der Waals surface area contributed by atoms with Crippen molar-refractivity contribution in [1.82, 2.24) is 0 Å². The van der Waals surface area contributed by atoms with Crippen molar-refractivity contribution < 1.29 is 5.11 Å². The Balaban J connectivity index is 2.32. The van der Waals surface area contributed by atoms with E-state index in [2.05, 4.69) is 31.2 Å². The third-order valence-corrected chi connectivity index (χ3v) is 2.69.